The van der Waals surface area contributed by atoms with Gasteiger partial charge in [-0.1, -0.05) is 30.3 Å². The van der Waals surface area contributed by atoms with E-state index in [-0.39, 0.29) is 5.91 Å². The second kappa shape index (κ2) is 6.23. The number of carbonyl (C=O) groups is 1. The molecule has 0 bridgehead atoms. The van der Waals surface area contributed by atoms with Crippen LogP contribution in [-0.2, 0) is 12.8 Å². The molecule has 0 unspecified atom stereocenters. The highest BCUT2D eigenvalue weighted by Gasteiger charge is 2.18. The average Bonchev–Trinajstić information content (AvgIpc) is 3.16. The van der Waals surface area contributed by atoms with E-state index in [9.17, 15) is 4.79 Å². The van der Waals surface area contributed by atoms with Crippen LogP contribution in [0.3, 0.4) is 0 Å². The maximum atomic E-state index is 12.8. The molecular weight excluding hydrogens is 302 g/mol. The topological polar surface area (TPSA) is 83.6 Å². The summed E-state index contributed by atoms with van der Waals surface area (Å²) in [5.41, 5.74) is 4.70. The average molecular weight is 319 g/mol. The van der Waals surface area contributed by atoms with E-state index in [1.165, 1.54) is 24.0 Å². The number of benzene rings is 2. The van der Waals surface area contributed by atoms with Crippen molar-refractivity contribution in [2.75, 3.05) is 5.32 Å². The second-order valence-corrected chi connectivity index (χ2v) is 5.89. The largest absolute Gasteiger partial charge is 0.322 e. The number of tetrazole rings is 1. The van der Waals surface area contributed by atoms with Crippen LogP contribution in [0.25, 0.3) is 11.4 Å². The third-order valence-electron chi connectivity index (χ3n) is 4.40. The van der Waals surface area contributed by atoms with Gasteiger partial charge in [0, 0.05) is 11.3 Å². The first-order valence-corrected chi connectivity index (χ1v) is 8.08. The zero-order chi connectivity index (χ0) is 16.4. The van der Waals surface area contributed by atoms with Crippen LogP contribution in [0.1, 0.15) is 34.3 Å². The molecule has 2 N–H and O–H groups in total. The minimum atomic E-state index is -0.158. The van der Waals surface area contributed by atoms with Gasteiger partial charge in [-0.3, -0.25) is 4.79 Å². The minimum Gasteiger partial charge on any atom is -0.322 e. The lowest BCUT2D eigenvalue weighted by molar-refractivity contribution is 0.102. The Labute approximate surface area is 139 Å². The van der Waals surface area contributed by atoms with E-state index in [0.717, 1.165) is 18.5 Å². The van der Waals surface area contributed by atoms with Gasteiger partial charge in [0.05, 0.1) is 5.56 Å². The number of hydrogen-bond acceptors (Lipinski definition) is 4. The molecule has 0 radical (unpaired) electrons. The number of anilines is 1. The summed E-state index contributed by atoms with van der Waals surface area (Å²) in [5, 5.41) is 17.0. The third-order valence-corrected chi connectivity index (χ3v) is 4.40. The van der Waals surface area contributed by atoms with E-state index >= 15 is 0 Å². The summed E-state index contributed by atoms with van der Waals surface area (Å²) in [6.07, 6.45) is 4.47. The van der Waals surface area contributed by atoms with Gasteiger partial charge >= 0.3 is 0 Å². The van der Waals surface area contributed by atoms with E-state index in [1.54, 1.807) is 6.07 Å². The summed E-state index contributed by atoms with van der Waals surface area (Å²) in [6, 6.07) is 13.4. The van der Waals surface area contributed by atoms with E-state index in [0.29, 0.717) is 17.0 Å². The number of hydrogen-bond donors (Lipinski definition) is 2. The Morgan fingerprint density at radius 1 is 1.04 bits per heavy atom. The van der Waals surface area contributed by atoms with E-state index in [2.05, 4.69) is 32.0 Å². The van der Waals surface area contributed by atoms with Crippen molar-refractivity contribution in [2.45, 2.75) is 25.7 Å². The first kappa shape index (κ1) is 14.6. The molecule has 120 valence electrons. The number of nitrogens with one attached hydrogen (secondary N) is 2. The molecule has 0 saturated heterocycles. The van der Waals surface area contributed by atoms with Crippen molar-refractivity contribution in [1.29, 1.82) is 0 Å². The highest BCUT2D eigenvalue weighted by molar-refractivity contribution is 6.08. The van der Waals surface area contributed by atoms with Crippen molar-refractivity contribution < 1.29 is 4.79 Å². The number of H-pyrrole nitrogens is 1. The van der Waals surface area contributed by atoms with Crippen LogP contribution >= 0.6 is 0 Å². The molecule has 24 heavy (non-hydrogen) atoms. The Hall–Kier alpha value is -3.02. The number of aryl methyl sites for hydroxylation is 1. The van der Waals surface area contributed by atoms with Crippen molar-refractivity contribution in [2.24, 2.45) is 0 Å². The summed E-state index contributed by atoms with van der Waals surface area (Å²) < 4.78 is 0. The summed E-state index contributed by atoms with van der Waals surface area (Å²) in [7, 11) is 0. The number of rotatable bonds is 3. The normalized spacial score (nSPS) is 13.3. The smallest absolute Gasteiger partial charge is 0.256 e. The predicted octanol–water partition coefficient (Wildman–Crippen LogP) is 3.00. The van der Waals surface area contributed by atoms with Gasteiger partial charge in [-0.25, -0.2) is 0 Å². The van der Waals surface area contributed by atoms with Crippen LogP contribution < -0.4 is 5.32 Å². The van der Waals surface area contributed by atoms with Crippen LogP contribution in [0.4, 0.5) is 5.69 Å². The molecule has 0 atom stereocenters. The molecule has 6 nitrogen and oxygen atoms in total. The molecule has 1 amide bonds. The van der Waals surface area contributed by atoms with Crippen molar-refractivity contribution >= 4 is 11.6 Å². The van der Waals surface area contributed by atoms with Crippen LogP contribution in [0.2, 0.25) is 0 Å². The molecule has 1 aliphatic rings. The van der Waals surface area contributed by atoms with Crippen LogP contribution in [0.15, 0.2) is 42.5 Å². The Kier molecular flexibility index (Phi) is 3.78. The van der Waals surface area contributed by atoms with Gasteiger partial charge in [0.1, 0.15) is 0 Å². The number of aromatic nitrogens is 4. The Morgan fingerprint density at radius 3 is 2.79 bits per heavy atom. The summed E-state index contributed by atoms with van der Waals surface area (Å²) in [4.78, 5) is 12.8. The first-order valence-electron chi connectivity index (χ1n) is 8.08. The lowest BCUT2D eigenvalue weighted by Gasteiger charge is -2.19. The number of carbonyl (C=O) groups excluding carboxylic acids is 1. The molecule has 1 aliphatic carbocycles. The van der Waals surface area contributed by atoms with E-state index in [1.807, 2.05) is 30.3 Å². The molecule has 3 aromatic rings. The van der Waals surface area contributed by atoms with Crippen LogP contribution in [0, 0.1) is 0 Å². The Bertz CT molecular complexity index is 873. The zero-order valence-corrected chi connectivity index (χ0v) is 13.1. The van der Waals surface area contributed by atoms with Crippen molar-refractivity contribution in [3.63, 3.8) is 0 Å². The van der Waals surface area contributed by atoms with Gasteiger partial charge < -0.3 is 5.32 Å². The zero-order valence-electron chi connectivity index (χ0n) is 13.1. The van der Waals surface area contributed by atoms with Crippen molar-refractivity contribution in [1.82, 2.24) is 20.6 Å². The van der Waals surface area contributed by atoms with Gasteiger partial charge in [-0.2, -0.15) is 5.21 Å². The quantitative estimate of drug-likeness (QED) is 0.777. The summed E-state index contributed by atoms with van der Waals surface area (Å²) >= 11 is 0. The number of fused-ring (bicyclic) bond motifs is 1. The van der Waals surface area contributed by atoms with Crippen molar-refractivity contribution in [3.8, 4) is 11.4 Å². The molecule has 2 aromatic carbocycles. The van der Waals surface area contributed by atoms with E-state index in [4.69, 9.17) is 0 Å². The summed E-state index contributed by atoms with van der Waals surface area (Å²) in [5.74, 6) is 0.255. The third kappa shape index (κ3) is 2.67. The van der Waals surface area contributed by atoms with Gasteiger partial charge in [0.2, 0.25) is 5.82 Å². The number of aromatic amines is 1. The highest BCUT2D eigenvalue weighted by atomic mass is 16.1. The monoisotopic (exact) mass is 319 g/mol. The molecule has 1 aromatic heterocycles. The maximum absolute atomic E-state index is 12.8. The Balaban J connectivity index is 1.67. The first-order chi connectivity index (χ1) is 11.8. The minimum absolute atomic E-state index is 0.158. The Morgan fingerprint density at radius 2 is 1.92 bits per heavy atom. The predicted molar refractivity (Wildman–Crippen MR) is 90.7 cm³/mol. The molecule has 0 aliphatic heterocycles. The second-order valence-electron chi connectivity index (χ2n) is 5.89. The molecule has 0 saturated carbocycles. The van der Waals surface area contributed by atoms with E-state index < -0.39 is 0 Å². The fourth-order valence-electron chi connectivity index (χ4n) is 3.24. The van der Waals surface area contributed by atoms with Crippen molar-refractivity contribution in [3.05, 3.63) is 59.2 Å². The lowest BCUT2D eigenvalue weighted by Crippen LogP contribution is -2.16. The van der Waals surface area contributed by atoms with Gasteiger partial charge in [-0.05, 0) is 54.2 Å². The molecule has 4 rings (SSSR count). The fourth-order valence-corrected chi connectivity index (χ4v) is 3.24. The number of amides is 1. The molecule has 1 heterocycles. The highest BCUT2D eigenvalue weighted by Crippen LogP contribution is 2.29. The fraction of sp³-hybridized carbons (Fsp3) is 0.222. The van der Waals surface area contributed by atoms with Crippen LogP contribution in [0.5, 0.6) is 0 Å². The maximum Gasteiger partial charge on any atom is 0.256 e. The summed E-state index contributed by atoms with van der Waals surface area (Å²) in [6.45, 7) is 0. The molecule has 0 fully saturated rings. The molecule has 0 spiro atoms. The lowest BCUT2D eigenvalue weighted by atomic mass is 9.90. The SMILES string of the molecule is O=C(Nc1cccc2c1CCCC2)c1ccccc1-c1nn[nH]n1. The van der Waals surface area contributed by atoms with Gasteiger partial charge in [0.25, 0.3) is 5.91 Å². The molecular formula is C18H17N5O. The van der Waals surface area contributed by atoms with Crippen LogP contribution in [-0.4, -0.2) is 26.5 Å². The van der Waals surface area contributed by atoms with Gasteiger partial charge in [-0.15, -0.1) is 10.2 Å². The molecule has 6 heteroatoms. The number of nitrogens with zero attached hydrogens (tertiary/aromatic N) is 3. The van der Waals surface area contributed by atoms with Gasteiger partial charge in [0.15, 0.2) is 0 Å². The standard InChI is InChI=1S/C18H17N5O/c24-18(15-10-4-3-9-14(15)17-20-22-23-21-17)19-16-11-5-7-12-6-1-2-8-13(12)16/h3-5,7,9-11H,1-2,6,8H2,(H,19,24)(H,20,21,22,23).